The standard InChI is InChI=1S/C51H30N4O/c1-2-14-34(15-3-1)49-52-50(35-25-27-39-38-20-8-9-23-44(38)56-45(39)30-35)54-51(53-49)47-36-18-6-4-12-31(36)26-29-43(47)55-42-22-11-17-33-16-10-21-40(46(33)42)41-28-24-32-13-5-7-19-37(32)48(41)55/h1-30H. The lowest BCUT2D eigenvalue weighted by molar-refractivity contribution is 0.669. The van der Waals surface area contributed by atoms with Crippen molar-refractivity contribution in [2.45, 2.75) is 0 Å². The second-order valence-corrected chi connectivity index (χ2v) is 14.4. The van der Waals surface area contributed by atoms with Crippen molar-refractivity contribution in [3.05, 3.63) is 182 Å². The van der Waals surface area contributed by atoms with Gasteiger partial charge in [-0.15, -0.1) is 0 Å². The zero-order valence-electron chi connectivity index (χ0n) is 30.0. The maximum atomic E-state index is 6.35. The molecular weight excluding hydrogens is 685 g/mol. The highest BCUT2D eigenvalue weighted by Gasteiger charge is 2.31. The van der Waals surface area contributed by atoms with Crippen LogP contribution in [0, 0.1) is 0 Å². The fraction of sp³-hybridized carbons (Fsp3) is 0. The number of benzene rings is 9. The van der Waals surface area contributed by atoms with Crippen LogP contribution in [0.1, 0.15) is 0 Å². The molecule has 2 aromatic heterocycles. The first-order valence-electron chi connectivity index (χ1n) is 18.9. The third-order valence-corrected chi connectivity index (χ3v) is 11.2. The Morgan fingerprint density at radius 2 is 1.02 bits per heavy atom. The summed E-state index contributed by atoms with van der Waals surface area (Å²) in [4.78, 5) is 18.3. The van der Waals surface area contributed by atoms with E-state index < -0.39 is 0 Å². The van der Waals surface area contributed by atoms with Crippen molar-refractivity contribution >= 4 is 71.3 Å². The van der Waals surface area contributed by atoms with Gasteiger partial charge in [-0.2, -0.15) is 0 Å². The summed E-state index contributed by atoms with van der Waals surface area (Å²) in [5.74, 6) is 1.77. The summed E-state index contributed by atoms with van der Waals surface area (Å²) in [5.41, 5.74) is 10.0. The minimum atomic E-state index is 0.576. The highest BCUT2D eigenvalue weighted by atomic mass is 16.3. The molecule has 260 valence electrons. The Balaban J connectivity index is 1.18. The van der Waals surface area contributed by atoms with E-state index in [1.807, 2.05) is 36.4 Å². The van der Waals surface area contributed by atoms with Gasteiger partial charge in [0.15, 0.2) is 17.5 Å². The molecule has 1 aliphatic heterocycles. The number of aromatic nitrogens is 3. The molecule has 0 aliphatic carbocycles. The smallest absolute Gasteiger partial charge is 0.166 e. The van der Waals surface area contributed by atoms with Gasteiger partial charge in [0.2, 0.25) is 0 Å². The van der Waals surface area contributed by atoms with Gasteiger partial charge in [0.25, 0.3) is 0 Å². The lowest BCUT2D eigenvalue weighted by Gasteiger charge is -2.35. The van der Waals surface area contributed by atoms with Crippen LogP contribution in [0.5, 0.6) is 0 Å². The number of anilines is 3. The van der Waals surface area contributed by atoms with E-state index in [4.69, 9.17) is 19.4 Å². The predicted octanol–water partition coefficient (Wildman–Crippen LogP) is 13.7. The van der Waals surface area contributed by atoms with Crippen molar-refractivity contribution in [2.75, 3.05) is 4.90 Å². The van der Waals surface area contributed by atoms with Gasteiger partial charge in [-0.3, -0.25) is 0 Å². The van der Waals surface area contributed by atoms with Crippen molar-refractivity contribution in [3.63, 3.8) is 0 Å². The molecule has 0 fully saturated rings. The van der Waals surface area contributed by atoms with E-state index in [9.17, 15) is 0 Å². The Bertz CT molecular complexity index is 3380. The fourth-order valence-corrected chi connectivity index (χ4v) is 8.70. The van der Waals surface area contributed by atoms with Crippen molar-refractivity contribution in [1.82, 2.24) is 15.0 Å². The lowest BCUT2D eigenvalue weighted by Crippen LogP contribution is -2.17. The van der Waals surface area contributed by atoms with Gasteiger partial charge in [-0.25, -0.2) is 15.0 Å². The van der Waals surface area contributed by atoms with E-state index in [0.717, 1.165) is 66.5 Å². The van der Waals surface area contributed by atoms with Gasteiger partial charge in [0.05, 0.1) is 22.6 Å². The fourth-order valence-electron chi connectivity index (χ4n) is 8.70. The van der Waals surface area contributed by atoms with Crippen LogP contribution in [-0.4, -0.2) is 15.0 Å². The third kappa shape index (κ3) is 4.58. The van der Waals surface area contributed by atoms with Gasteiger partial charge in [0.1, 0.15) is 11.2 Å². The molecule has 0 amide bonds. The zero-order chi connectivity index (χ0) is 36.7. The van der Waals surface area contributed by atoms with Gasteiger partial charge < -0.3 is 9.32 Å². The Hall–Kier alpha value is -7.63. The molecule has 11 aromatic rings. The molecule has 12 rings (SSSR count). The van der Waals surface area contributed by atoms with E-state index in [0.29, 0.717) is 17.5 Å². The van der Waals surface area contributed by atoms with Crippen molar-refractivity contribution < 1.29 is 4.42 Å². The Morgan fingerprint density at radius 1 is 0.375 bits per heavy atom. The predicted molar refractivity (Wildman–Crippen MR) is 230 cm³/mol. The number of fused-ring (bicyclic) bond motifs is 8. The number of nitrogens with zero attached hydrogens (tertiary/aromatic N) is 4. The first kappa shape index (κ1) is 30.8. The quantitative estimate of drug-likeness (QED) is 0.182. The largest absolute Gasteiger partial charge is 0.456 e. The highest BCUT2D eigenvalue weighted by molar-refractivity contribution is 6.20. The molecule has 0 saturated heterocycles. The minimum Gasteiger partial charge on any atom is -0.456 e. The van der Waals surface area contributed by atoms with Crippen LogP contribution in [-0.2, 0) is 0 Å². The Morgan fingerprint density at radius 3 is 1.88 bits per heavy atom. The molecule has 0 radical (unpaired) electrons. The Kier molecular flexibility index (Phi) is 6.56. The molecule has 0 unspecified atom stereocenters. The van der Waals surface area contributed by atoms with Gasteiger partial charge in [0, 0.05) is 38.2 Å². The third-order valence-electron chi connectivity index (χ3n) is 11.2. The second-order valence-electron chi connectivity index (χ2n) is 14.4. The van der Waals surface area contributed by atoms with Crippen LogP contribution in [0.25, 0.3) is 99.5 Å². The molecule has 56 heavy (non-hydrogen) atoms. The summed E-state index contributed by atoms with van der Waals surface area (Å²) in [7, 11) is 0. The topological polar surface area (TPSA) is 55.1 Å². The number of para-hydroxylation sites is 1. The average Bonchev–Trinajstić information content (AvgIpc) is 3.64. The van der Waals surface area contributed by atoms with Crippen molar-refractivity contribution in [2.24, 2.45) is 0 Å². The SMILES string of the molecule is c1ccc(-c2nc(-c3ccc4c(c3)oc3ccccc34)nc(-c3c(N4c5c(ccc6ccccc56)-c5cccc6cccc4c56)ccc4ccccc34)n2)cc1. The molecule has 1 aliphatic rings. The summed E-state index contributed by atoms with van der Waals surface area (Å²) in [6.45, 7) is 0. The maximum Gasteiger partial charge on any atom is 0.166 e. The van der Waals surface area contributed by atoms with E-state index in [-0.39, 0.29) is 0 Å². The molecule has 0 atom stereocenters. The molecule has 9 aromatic carbocycles. The molecule has 0 spiro atoms. The Labute approximate surface area is 321 Å². The number of furan rings is 1. The van der Waals surface area contributed by atoms with Gasteiger partial charge in [-0.1, -0.05) is 152 Å². The van der Waals surface area contributed by atoms with Crippen LogP contribution in [0.15, 0.2) is 186 Å². The summed E-state index contributed by atoms with van der Waals surface area (Å²) in [6, 6.07) is 64.0. The maximum absolute atomic E-state index is 6.35. The van der Waals surface area contributed by atoms with Crippen molar-refractivity contribution in [3.8, 4) is 45.3 Å². The van der Waals surface area contributed by atoms with E-state index >= 15 is 0 Å². The van der Waals surface area contributed by atoms with E-state index in [1.165, 1.54) is 32.7 Å². The summed E-state index contributed by atoms with van der Waals surface area (Å²) in [6.07, 6.45) is 0. The summed E-state index contributed by atoms with van der Waals surface area (Å²) < 4.78 is 6.35. The van der Waals surface area contributed by atoms with E-state index in [2.05, 4.69) is 150 Å². The first-order valence-corrected chi connectivity index (χ1v) is 18.9. The van der Waals surface area contributed by atoms with Crippen LogP contribution in [0.3, 0.4) is 0 Å². The number of hydrogen-bond donors (Lipinski definition) is 0. The average molecular weight is 715 g/mol. The monoisotopic (exact) mass is 714 g/mol. The second kappa shape index (κ2) is 11.9. The van der Waals surface area contributed by atoms with Gasteiger partial charge >= 0.3 is 0 Å². The molecule has 3 heterocycles. The van der Waals surface area contributed by atoms with Crippen molar-refractivity contribution in [1.29, 1.82) is 0 Å². The molecule has 0 saturated carbocycles. The molecule has 0 bridgehead atoms. The highest BCUT2D eigenvalue weighted by Crippen LogP contribution is 2.55. The number of hydrogen-bond acceptors (Lipinski definition) is 5. The summed E-state index contributed by atoms with van der Waals surface area (Å²) in [5, 5.41) is 9.08. The van der Waals surface area contributed by atoms with Crippen LogP contribution >= 0.6 is 0 Å². The van der Waals surface area contributed by atoms with Crippen LogP contribution < -0.4 is 4.90 Å². The zero-order valence-corrected chi connectivity index (χ0v) is 30.0. The van der Waals surface area contributed by atoms with Crippen LogP contribution in [0.4, 0.5) is 17.1 Å². The van der Waals surface area contributed by atoms with Crippen LogP contribution in [0.2, 0.25) is 0 Å². The minimum absolute atomic E-state index is 0.576. The van der Waals surface area contributed by atoms with Gasteiger partial charge in [-0.05, 0) is 57.4 Å². The normalized spacial score (nSPS) is 12.2. The first-order chi connectivity index (χ1) is 27.8. The molecule has 0 N–H and O–H groups in total. The summed E-state index contributed by atoms with van der Waals surface area (Å²) >= 11 is 0. The molecule has 5 nitrogen and oxygen atoms in total. The molecular formula is C51H30N4O. The lowest BCUT2D eigenvalue weighted by atomic mass is 9.88. The van der Waals surface area contributed by atoms with E-state index in [1.54, 1.807) is 0 Å². The molecule has 5 heteroatoms. The number of rotatable bonds is 4.